The molecule has 0 saturated heterocycles. The summed E-state index contributed by atoms with van der Waals surface area (Å²) in [6.07, 6.45) is 0. The van der Waals surface area contributed by atoms with Crippen LogP contribution in [0.5, 0.6) is 0 Å². The van der Waals surface area contributed by atoms with Gasteiger partial charge in [-0.2, -0.15) is 0 Å². The van der Waals surface area contributed by atoms with Crippen molar-refractivity contribution >= 4 is 28.8 Å². The number of hydrogen-bond acceptors (Lipinski definition) is 2. The molecule has 0 N–H and O–H groups in total. The van der Waals surface area contributed by atoms with Crippen molar-refractivity contribution in [3.8, 4) is 101 Å². The quantitative estimate of drug-likeness (QED) is 0.0850. The molecule has 0 unspecified atom stereocenters. The molecule has 0 amide bonds. The first-order chi connectivity index (χ1) is 39.2. The lowest BCUT2D eigenvalue weighted by Crippen LogP contribution is -2.74. The third-order valence-corrected chi connectivity index (χ3v) is 20.0. The van der Waals surface area contributed by atoms with E-state index in [0.717, 1.165) is 50.3 Å². The summed E-state index contributed by atoms with van der Waals surface area (Å²) in [5.74, 6) is 0.693. The Morgan fingerprint density at radius 1 is 0.190 bits per heavy atom. The highest BCUT2D eigenvalue weighted by Gasteiger charge is 2.41. The van der Waals surface area contributed by atoms with Crippen LogP contribution in [0.2, 0.25) is 0 Å². The van der Waals surface area contributed by atoms with Gasteiger partial charge in [-0.3, -0.25) is 0 Å². The predicted molar refractivity (Wildman–Crippen MR) is 335 cm³/mol. The predicted octanol–water partition coefficient (Wildman–Crippen LogP) is 16.9. The van der Waals surface area contributed by atoms with Crippen molar-refractivity contribution in [1.82, 2.24) is 9.97 Å². The van der Waals surface area contributed by atoms with Gasteiger partial charge in [-0.1, -0.05) is 303 Å². The van der Waals surface area contributed by atoms with E-state index in [0.29, 0.717) is 5.82 Å². The molecule has 1 heterocycles. The van der Waals surface area contributed by atoms with Gasteiger partial charge < -0.3 is 0 Å². The van der Waals surface area contributed by atoms with Crippen LogP contribution in [0.4, 0.5) is 0 Å². The molecule has 0 radical (unpaired) electrons. The van der Waals surface area contributed by atoms with Crippen molar-refractivity contribution in [2.75, 3.05) is 0 Å². The fourth-order valence-corrected chi connectivity index (χ4v) is 16.2. The van der Waals surface area contributed by atoms with Gasteiger partial charge in [-0.15, -0.1) is 0 Å². The Bertz CT molecular complexity index is 4080. The summed E-state index contributed by atoms with van der Waals surface area (Å²) in [7, 11) is -2.84. The van der Waals surface area contributed by atoms with Gasteiger partial charge in [0.2, 0.25) is 0 Å². The Morgan fingerprint density at radius 2 is 0.532 bits per heavy atom. The van der Waals surface area contributed by atoms with Gasteiger partial charge >= 0.3 is 0 Å². The summed E-state index contributed by atoms with van der Waals surface area (Å²) < 4.78 is 0. The standard InChI is InChI=1S/C76H54N2Si/c1-8-24-55(25-9-1)57-44-48-60(49-45-57)73-54-74(78-76(77-73)62-30-14-4-15-31-62)65-34-22-32-63(50-65)58-42-46-59(47-43-58)71-52-66(56-26-10-2-11-27-56)53-72(75(71)61-28-12-3-13-29-61)64-33-23-41-70(51-64)79(67-35-16-5-17-36-67,68-37-18-6-19-38-68)69-39-20-7-21-40-69/h1-54H. The van der Waals surface area contributed by atoms with Crippen LogP contribution in [0.3, 0.4) is 0 Å². The molecule has 79 heavy (non-hydrogen) atoms. The average Bonchev–Trinajstić information content (AvgIpc) is 3.67. The minimum Gasteiger partial charge on any atom is -0.228 e. The van der Waals surface area contributed by atoms with E-state index in [-0.39, 0.29) is 0 Å². The van der Waals surface area contributed by atoms with E-state index < -0.39 is 8.07 Å². The van der Waals surface area contributed by atoms with Crippen molar-refractivity contribution in [3.63, 3.8) is 0 Å². The normalized spacial score (nSPS) is 11.3. The molecule has 3 heteroatoms. The molecule has 0 aliphatic carbocycles. The SMILES string of the molecule is c1ccc(-c2ccc(-c3cc(-c4cccc(-c5ccc(-c6cc(-c7ccccc7)cc(-c7cccc([Si](c8ccccc8)(c8ccccc8)c8ccccc8)c7)c6-c6ccccc6)cc5)c4)nc(-c4ccccc4)n3)cc2)cc1. The molecule has 0 bridgehead atoms. The average molecular weight is 1020 g/mol. The summed E-state index contributed by atoms with van der Waals surface area (Å²) in [6, 6.07) is 119. The third kappa shape index (κ3) is 9.76. The topological polar surface area (TPSA) is 25.8 Å². The molecule has 0 atom stereocenters. The maximum Gasteiger partial charge on any atom is 0.179 e. The van der Waals surface area contributed by atoms with Crippen LogP contribution in [0, 0.1) is 0 Å². The Morgan fingerprint density at radius 3 is 1.06 bits per heavy atom. The van der Waals surface area contributed by atoms with E-state index in [1.165, 1.54) is 65.3 Å². The highest BCUT2D eigenvalue weighted by atomic mass is 28.3. The molecule has 0 spiro atoms. The molecule has 0 fully saturated rings. The van der Waals surface area contributed by atoms with E-state index >= 15 is 0 Å². The largest absolute Gasteiger partial charge is 0.228 e. The van der Waals surface area contributed by atoms with E-state index in [1.807, 2.05) is 18.2 Å². The van der Waals surface area contributed by atoms with Crippen LogP contribution in [-0.4, -0.2) is 18.0 Å². The molecular weight excluding hydrogens is 969 g/mol. The molecule has 2 nitrogen and oxygen atoms in total. The molecule has 13 aromatic rings. The number of nitrogens with zero attached hydrogens (tertiary/aromatic N) is 2. The first-order valence-corrected chi connectivity index (χ1v) is 29.0. The Hall–Kier alpha value is -10.1. The van der Waals surface area contributed by atoms with E-state index in [2.05, 4.69) is 309 Å². The van der Waals surface area contributed by atoms with Crippen LogP contribution in [0.1, 0.15) is 0 Å². The Kier molecular flexibility index (Phi) is 13.5. The van der Waals surface area contributed by atoms with Crippen molar-refractivity contribution in [2.24, 2.45) is 0 Å². The van der Waals surface area contributed by atoms with Crippen LogP contribution >= 0.6 is 0 Å². The maximum absolute atomic E-state index is 5.21. The molecule has 12 aromatic carbocycles. The van der Waals surface area contributed by atoms with Gasteiger partial charge in [-0.25, -0.2) is 9.97 Å². The lowest BCUT2D eigenvalue weighted by molar-refractivity contribution is 1.18. The monoisotopic (exact) mass is 1020 g/mol. The molecular formula is C76H54N2Si. The second-order valence-corrected chi connectivity index (χ2v) is 23.8. The lowest BCUT2D eigenvalue weighted by atomic mass is 9.84. The highest BCUT2D eigenvalue weighted by Crippen LogP contribution is 2.44. The first kappa shape index (κ1) is 48.6. The van der Waals surface area contributed by atoms with E-state index in [4.69, 9.17) is 9.97 Å². The zero-order valence-corrected chi connectivity index (χ0v) is 44.6. The molecule has 372 valence electrons. The van der Waals surface area contributed by atoms with Crippen LogP contribution in [0.25, 0.3) is 101 Å². The zero-order valence-electron chi connectivity index (χ0n) is 43.6. The Balaban J connectivity index is 0.934. The molecule has 0 saturated carbocycles. The van der Waals surface area contributed by atoms with Gasteiger partial charge in [0.1, 0.15) is 0 Å². The minimum absolute atomic E-state index is 0.693. The molecule has 1 aromatic heterocycles. The summed E-state index contributed by atoms with van der Waals surface area (Å²) in [4.78, 5) is 10.4. The van der Waals surface area contributed by atoms with Crippen molar-refractivity contribution in [1.29, 1.82) is 0 Å². The summed E-state index contributed by atoms with van der Waals surface area (Å²) in [5.41, 5.74) is 18.7. The number of benzene rings is 12. The highest BCUT2D eigenvalue weighted by molar-refractivity contribution is 7.19. The molecule has 0 aliphatic rings. The van der Waals surface area contributed by atoms with E-state index in [1.54, 1.807) is 0 Å². The molecule has 0 aliphatic heterocycles. The van der Waals surface area contributed by atoms with Crippen molar-refractivity contribution < 1.29 is 0 Å². The fourth-order valence-electron chi connectivity index (χ4n) is 11.4. The van der Waals surface area contributed by atoms with Gasteiger partial charge in [0.15, 0.2) is 13.9 Å². The van der Waals surface area contributed by atoms with Gasteiger partial charge in [0.25, 0.3) is 0 Å². The minimum atomic E-state index is -2.84. The number of aromatic nitrogens is 2. The fraction of sp³-hybridized carbons (Fsp3) is 0. The third-order valence-electron chi connectivity index (χ3n) is 15.3. The summed E-state index contributed by atoms with van der Waals surface area (Å²) >= 11 is 0. The molecule has 13 rings (SSSR count). The number of rotatable bonds is 13. The van der Waals surface area contributed by atoms with Gasteiger partial charge in [0, 0.05) is 16.7 Å². The first-order valence-electron chi connectivity index (χ1n) is 27.0. The second-order valence-electron chi connectivity index (χ2n) is 20.0. The van der Waals surface area contributed by atoms with Crippen molar-refractivity contribution in [3.05, 3.63) is 328 Å². The van der Waals surface area contributed by atoms with Gasteiger partial charge in [0.05, 0.1) is 11.4 Å². The van der Waals surface area contributed by atoms with E-state index in [9.17, 15) is 0 Å². The second kappa shape index (κ2) is 21.9. The van der Waals surface area contributed by atoms with Crippen molar-refractivity contribution in [2.45, 2.75) is 0 Å². The Labute approximate surface area is 464 Å². The maximum atomic E-state index is 5.21. The van der Waals surface area contributed by atoms with Crippen LogP contribution in [0.15, 0.2) is 328 Å². The lowest BCUT2D eigenvalue weighted by Gasteiger charge is -2.34. The van der Waals surface area contributed by atoms with Crippen LogP contribution in [-0.2, 0) is 0 Å². The van der Waals surface area contributed by atoms with Crippen LogP contribution < -0.4 is 20.7 Å². The summed E-state index contributed by atoms with van der Waals surface area (Å²) in [5, 5.41) is 5.38. The smallest absolute Gasteiger partial charge is 0.179 e. The van der Waals surface area contributed by atoms with Gasteiger partial charge in [-0.05, 0) is 112 Å². The number of hydrogen-bond donors (Lipinski definition) is 0. The summed E-state index contributed by atoms with van der Waals surface area (Å²) in [6.45, 7) is 0. The zero-order chi connectivity index (χ0) is 52.8.